The van der Waals surface area contributed by atoms with Gasteiger partial charge in [0.2, 0.25) is 0 Å². The molecule has 1 aromatic carbocycles. The molecule has 3 fully saturated rings. The maximum atomic E-state index is 6.06. The van der Waals surface area contributed by atoms with Gasteiger partial charge in [0.15, 0.2) is 11.5 Å². The lowest BCUT2D eigenvalue weighted by atomic mass is 9.71. The van der Waals surface area contributed by atoms with E-state index in [0.717, 1.165) is 55.0 Å². The van der Waals surface area contributed by atoms with Gasteiger partial charge in [0.25, 0.3) is 0 Å². The molecule has 3 aromatic rings. The summed E-state index contributed by atoms with van der Waals surface area (Å²) in [5.74, 6) is 2.24. The van der Waals surface area contributed by atoms with Crippen molar-refractivity contribution < 1.29 is 0 Å². The first-order chi connectivity index (χ1) is 17.6. The van der Waals surface area contributed by atoms with Gasteiger partial charge in [0, 0.05) is 44.8 Å². The van der Waals surface area contributed by atoms with Gasteiger partial charge in [-0.15, -0.1) is 0 Å². The number of piperidine rings is 2. The van der Waals surface area contributed by atoms with Crippen LogP contribution in [-0.4, -0.2) is 58.9 Å². The molecular weight excluding hydrogens is 468 g/mol. The van der Waals surface area contributed by atoms with Crippen molar-refractivity contribution in [3.63, 3.8) is 0 Å². The van der Waals surface area contributed by atoms with Gasteiger partial charge in [-0.1, -0.05) is 36.6 Å². The van der Waals surface area contributed by atoms with E-state index in [2.05, 4.69) is 39.0 Å². The first kappa shape index (κ1) is 24.1. The predicted octanol–water partition coefficient (Wildman–Crippen LogP) is 5.88. The zero-order chi connectivity index (χ0) is 24.5. The Labute approximate surface area is 220 Å². The number of hydrogen-bond donors (Lipinski definition) is 0. The average Bonchev–Trinajstić information content (AvgIpc) is 3.06. The number of benzene rings is 1. The topological polar surface area (TPSA) is 40.4 Å². The molecule has 0 saturated carbocycles. The van der Waals surface area contributed by atoms with Gasteiger partial charge in [0.05, 0.1) is 5.39 Å². The highest BCUT2D eigenvalue weighted by atomic mass is 35.5. The fourth-order valence-electron chi connectivity index (χ4n) is 6.54. The summed E-state index contributed by atoms with van der Waals surface area (Å²) in [5.41, 5.74) is 2.87. The number of anilines is 2. The Balaban J connectivity index is 1.09. The molecular formula is C29H39ClN6. The standard InChI is InChI=1S/C29H39ClN6/c1-33-27-25(10-11-26(31-27)35-16-4-2-3-5-17-35)28(32-33)36-20-14-29(15-21-36)12-18-34(19-13-29)22-23-6-8-24(30)9-7-23/h6-11H,2-5,12-22H2,1H3. The van der Waals surface area contributed by atoms with E-state index in [4.69, 9.17) is 21.7 Å². The summed E-state index contributed by atoms with van der Waals surface area (Å²) in [5, 5.41) is 6.98. The smallest absolute Gasteiger partial charge is 0.162 e. The monoisotopic (exact) mass is 506 g/mol. The molecule has 2 aromatic heterocycles. The summed E-state index contributed by atoms with van der Waals surface area (Å²) in [6.45, 7) is 7.85. The molecule has 36 heavy (non-hydrogen) atoms. The summed E-state index contributed by atoms with van der Waals surface area (Å²) >= 11 is 6.06. The van der Waals surface area contributed by atoms with Crippen molar-refractivity contribution in [2.24, 2.45) is 12.5 Å². The first-order valence-electron chi connectivity index (χ1n) is 13.9. The van der Waals surface area contributed by atoms with Gasteiger partial charge in [-0.05, 0) is 86.9 Å². The van der Waals surface area contributed by atoms with Crippen LogP contribution in [0.15, 0.2) is 36.4 Å². The van der Waals surface area contributed by atoms with Crippen LogP contribution in [0, 0.1) is 5.41 Å². The van der Waals surface area contributed by atoms with E-state index in [-0.39, 0.29) is 0 Å². The van der Waals surface area contributed by atoms with Gasteiger partial charge < -0.3 is 9.80 Å². The number of nitrogens with zero attached hydrogens (tertiary/aromatic N) is 6. The molecule has 6 nitrogen and oxygen atoms in total. The van der Waals surface area contributed by atoms with Crippen molar-refractivity contribution in [2.45, 2.75) is 57.9 Å². The Hall–Kier alpha value is -2.31. The van der Waals surface area contributed by atoms with Crippen LogP contribution < -0.4 is 9.80 Å². The number of halogens is 1. The molecule has 5 heterocycles. The zero-order valence-electron chi connectivity index (χ0n) is 21.6. The molecule has 6 rings (SSSR count). The Bertz CT molecular complexity index is 1160. The van der Waals surface area contributed by atoms with Crippen molar-refractivity contribution in [3.05, 3.63) is 47.0 Å². The van der Waals surface area contributed by atoms with Crippen LogP contribution >= 0.6 is 11.6 Å². The fraction of sp³-hybridized carbons (Fsp3) is 0.586. The minimum absolute atomic E-state index is 0.496. The highest BCUT2D eigenvalue weighted by molar-refractivity contribution is 6.30. The third-order valence-electron chi connectivity index (χ3n) is 8.94. The second-order valence-corrected chi connectivity index (χ2v) is 11.7. The molecule has 0 amide bonds. The third kappa shape index (κ3) is 4.95. The second-order valence-electron chi connectivity index (χ2n) is 11.3. The van der Waals surface area contributed by atoms with Crippen LogP contribution in [-0.2, 0) is 13.6 Å². The first-order valence-corrected chi connectivity index (χ1v) is 14.3. The second kappa shape index (κ2) is 10.2. The highest BCUT2D eigenvalue weighted by Gasteiger charge is 2.38. The molecule has 3 aliphatic rings. The van der Waals surface area contributed by atoms with E-state index in [0.29, 0.717) is 5.41 Å². The van der Waals surface area contributed by atoms with E-state index in [1.165, 1.54) is 75.4 Å². The third-order valence-corrected chi connectivity index (χ3v) is 9.19. The van der Waals surface area contributed by atoms with E-state index in [1.807, 2.05) is 23.9 Å². The molecule has 0 radical (unpaired) electrons. The van der Waals surface area contributed by atoms with Crippen molar-refractivity contribution in [2.75, 3.05) is 49.1 Å². The fourth-order valence-corrected chi connectivity index (χ4v) is 6.66. The van der Waals surface area contributed by atoms with Crippen LogP contribution in [0.5, 0.6) is 0 Å². The maximum absolute atomic E-state index is 6.06. The molecule has 7 heteroatoms. The van der Waals surface area contributed by atoms with Gasteiger partial charge in [-0.25, -0.2) is 9.67 Å². The van der Waals surface area contributed by atoms with E-state index in [9.17, 15) is 0 Å². The van der Waals surface area contributed by atoms with Crippen LogP contribution in [0.2, 0.25) is 5.02 Å². The van der Waals surface area contributed by atoms with Crippen molar-refractivity contribution in [3.8, 4) is 0 Å². The van der Waals surface area contributed by atoms with Gasteiger partial charge in [0.1, 0.15) is 5.82 Å². The molecule has 0 aliphatic carbocycles. The Morgan fingerprint density at radius 3 is 2.14 bits per heavy atom. The lowest BCUT2D eigenvalue weighted by Gasteiger charge is -2.47. The van der Waals surface area contributed by atoms with Gasteiger partial charge in [-0.2, -0.15) is 5.10 Å². The average molecular weight is 507 g/mol. The number of hydrogen-bond acceptors (Lipinski definition) is 5. The summed E-state index contributed by atoms with van der Waals surface area (Å²) in [7, 11) is 2.05. The summed E-state index contributed by atoms with van der Waals surface area (Å²) in [4.78, 5) is 12.7. The molecule has 1 spiro atoms. The molecule has 0 bridgehead atoms. The van der Waals surface area contributed by atoms with Crippen LogP contribution in [0.4, 0.5) is 11.6 Å². The molecule has 0 N–H and O–H groups in total. The SMILES string of the molecule is Cn1nc(N2CCC3(CCN(Cc4ccc(Cl)cc4)CC3)CC2)c2ccc(N3CCCCCC3)nc21. The van der Waals surface area contributed by atoms with E-state index >= 15 is 0 Å². The van der Waals surface area contributed by atoms with Crippen LogP contribution in [0.1, 0.15) is 56.9 Å². The highest BCUT2D eigenvalue weighted by Crippen LogP contribution is 2.43. The Kier molecular flexibility index (Phi) is 6.82. The zero-order valence-corrected chi connectivity index (χ0v) is 22.4. The molecule has 0 unspecified atom stereocenters. The number of aromatic nitrogens is 3. The Morgan fingerprint density at radius 2 is 1.44 bits per heavy atom. The van der Waals surface area contributed by atoms with Crippen molar-refractivity contribution in [1.82, 2.24) is 19.7 Å². The van der Waals surface area contributed by atoms with Crippen molar-refractivity contribution in [1.29, 1.82) is 0 Å². The van der Waals surface area contributed by atoms with Gasteiger partial charge in [-0.3, -0.25) is 4.90 Å². The lowest BCUT2D eigenvalue weighted by molar-refractivity contribution is 0.0757. The number of likely N-dealkylation sites (tertiary alicyclic amines) is 1. The van der Waals surface area contributed by atoms with Crippen LogP contribution in [0.25, 0.3) is 11.0 Å². The maximum Gasteiger partial charge on any atom is 0.162 e. The number of rotatable bonds is 4. The summed E-state index contributed by atoms with van der Waals surface area (Å²) in [6, 6.07) is 12.8. The quantitative estimate of drug-likeness (QED) is 0.441. The summed E-state index contributed by atoms with van der Waals surface area (Å²) in [6.07, 6.45) is 10.3. The molecule has 0 atom stereocenters. The normalized spacial score (nSPS) is 21.3. The number of pyridine rings is 1. The van der Waals surface area contributed by atoms with Crippen molar-refractivity contribution >= 4 is 34.3 Å². The largest absolute Gasteiger partial charge is 0.357 e. The Morgan fingerprint density at radius 1 is 0.778 bits per heavy atom. The minimum atomic E-state index is 0.496. The molecule has 3 saturated heterocycles. The lowest BCUT2D eigenvalue weighted by Crippen LogP contribution is -2.46. The number of aryl methyl sites for hydroxylation is 1. The molecule has 192 valence electrons. The minimum Gasteiger partial charge on any atom is -0.357 e. The molecule has 3 aliphatic heterocycles. The van der Waals surface area contributed by atoms with Gasteiger partial charge >= 0.3 is 0 Å². The summed E-state index contributed by atoms with van der Waals surface area (Å²) < 4.78 is 1.99. The van der Waals surface area contributed by atoms with E-state index in [1.54, 1.807) is 0 Å². The van der Waals surface area contributed by atoms with Crippen LogP contribution in [0.3, 0.4) is 0 Å². The predicted molar refractivity (Wildman–Crippen MR) is 149 cm³/mol. The number of fused-ring (bicyclic) bond motifs is 1. The van der Waals surface area contributed by atoms with E-state index < -0.39 is 0 Å².